The standard InChI is InChI=1S/C27H38O5/c1-14-18(5)26(31-11-22(28)10-29-9)19(6)15(2)24(14)25-16(3)20(7)27(21(8)17(25)4)32-13-23-12-30-23/h22-23,28H,10-13H2,1-9H3. The SMILES string of the molecule is COCC(O)COc1c(C)c(C)c(-c2c(C)c(C)c(OCC3CO3)c(C)c2C)c(C)c1C. The molecule has 1 saturated heterocycles. The van der Waals surface area contributed by atoms with Crippen LogP contribution in [0, 0.1) is 55.4 Å². The topological polar surface area (TPSA) is 60.5 Å². The molecule has 1 aliphatic rings. The van der Waals surface area contributed by atoms with E-state index in [1.165, 1.54) is 44.5 Å². The van der Waals surface area contributed by atoms with Gasteiger partial charge in [0.05, 0.1) is 13.2 Å². The first-order valence-corrected chi connectivity index (χ1v) is 11.3. The van der Waals surface area contributed by atoms with Gasteiger partial charge in [-0.2, -0.15) is 0 Å². The van der Waals surface area contributed by atoms with Gasteiger partial charge in [-0.05, 0) is 111 Å². The monoisotopic (exact) mass is 442 g/mol. The normalized spacial score (nSPS) is 16.2. The Hall–Kier alpha value is -2.08. The summed E-state index contributed by atoms with van der Waals surface area (Å²) in [7, 11) is 1.58. The molecule has 2 aromatic rings. The van der Waals surface area contributed by atoms with E-state index in [4.69, 9.17) is 18.9 Å². The minimum Gasteiger partial charge on any atom is -0.490 e. The Morgan fingerprint density at radius 1 is 0.719 bits per heavy atom. The van der Waals surface area contributed by atoms with Crippen molar-refractivity contribution < 1.29 is 24.1 Å². The van der Waals surface area contributed by atoms with Crippen molar-refractivity contribution in [1.82, 2.24) is 0 Å². The van der Waals surface area contributed by atoms with Crippen molar-refractivity contribution in [2.75, 3.05) is 33.5 Å². The summed E-state index contributed by atoms with van der Waals surface area (Å²) < 4.78 is 22.6. The maximum atomic E-state index is 10.0. The Morgan fingerprint density at radius 2 is 1.12 bits per heavy atom. The van der Waals surface area contributed by atoms with Crippen LogP contribution in [0.25, 0.3) is 11.1 Å². The number of aliphatic hydroxyl groups is 1. The van der Waals surface area contributed by atoms with Crippen LogP contribution in [-0.2, 0) is 9.47 Å². The molecule has 0 aliphatic carbocycles. The fraction of sp³-hybridized carbons (Fsp3) is 0.556. The van der Waals surface area contributed by atoms with E-state index in [9.17, 15) is 5.11 Å². The van der Waals surface area contributed by atoms with Gasteiger partial charge in [0.1, 0.15) is 36.9 Å². The minimum atomic E-state index is -0.650. The summed E-state index contributed by atoms with van der Waals surface area (Å²) in [6, 6.07) is 0. The van der Waals surface area contributed by atoms with Crippen LogP contribution in [-0.4, -0.2) is 50.9 Å². The van der Waals surface area contributed by atoms with E-state index in [2.05, 4.69) is 55.4 Å². The molecular weight excluding hydrogens is 404 g/mol. The van der Waals surface area contributed by atoms with E-state index >= 15 is 0 Å². The van der Waals surface area contributed by atoms with Crippen LogP contribution in [0.15, 0.2) is 0 Å². The van der Waals surface area contributed by atoms with E-state index in [0.29, 0.717) is 6.61 Å². The molecule has 1 aliphatic heterocycles. The highest BCUT2D eigenvalue weighted by molar-refractivity contribution is 5.82. The minimum absolute atomic E-state index is 0.209. The summed E-state index contributed by atoms with van der Waals surface area (Å²) in [5.41, 5.74) is 12.0. The molecule has 0 radical (unpaired) electrons. The average molecular weight is 443 g/mol. The lowest BCUT2D eigenvalue weighted by Gasteiger charge is -2.26. The molecule has 0 bridgehead atoms. The molecule has 3 rings (SSSR count). The molecule has 5 heteroatoms. The molecule has 0 aromatic heterocycles. The number of epoxide rings is 1. The van der Waals surface area contributed by atoms with Crippen LogP contribution in [0.2, 0.25) is 0 Å². The lowest BCUT2D eigenvalue weighted by Crippen LogP contribution is -2.23. The van der Waals surface area contributed by atoms with Gasteiger partial charge in [-0.3, -0.25) is 0 Å². The summed E-state index contributed by atoms with van der Waals surface area (Å²) in [5.74, 6) is 1.84. The molecule has 2 unspecified atom stereocenters. The van der Waals surface area contributed by atoms with Crippen LogP contribution < -0.4 is 9.47 Å². The Bertz CT molecular complexity index is 946. The number of hydrogen-bond acceptors (Lipinski definition) is 5. The summed E-state index contributed by atoms with van der Waals surface area (Å²) in [6.07, 6.45) is -0.415. The van der Waals surface area contributed by atoms with E-state index in [-0.39, 0.29) is 19.3 Å². The van der Waals surface area contributed by atoms with E-state index < -0.39 is 6.10 Å². The van der Waals surface area contributed by atoms with Crippen LogP contribution in [0.5, 0.6) is 11.5 Å². The van der Waals surface area contributed by atoms with Gasteiger partial charge in [0, 0.05) is 7.11 Å². The zero-order chi connectivity index (χ0) is 23.7. The highest BCUT2D eigenvalue weighted by Crippen LogP contribution is 2.44. The van der Waals surface area contributed by atoms with Gasteiger partial charge in [0.2, 0.25) is 0 Å². The zero-order valence-corrected chi connectivity index (χ0v) is 21.1. The Labute approximate surface area is 192 Å². The second-order valence-electron chi connectivity index (χ2n) is 9.09. The third kappa shape index (κ3) is 4.66. The molecule has 32 heavy (non-hydrogen) atoms. The van der Waals surface area contributed by atoms with Gasteiger partial charge in [-0.25, -0.2) is 0 Å². The van der Waals surface area contributed by atoms with Crippen molar-refractivity contribution in [3.05, 3.63) is 44.5 Å². The molecule has 0 saturated carbocycles. The highest BCUT2D eigenvalue weighted by Gasteiger charge is 2.26. The first-order valence-electron chi connectivity index (χ1n) is 11.3. The molecule has 5 nitrogen and oxygen atoms in total. The molecule has 2 aromatic carbocycles. The molecule has 1 heterocycles. The highest BCUT2D eigenvalue weighted by atomic mass is 16.6. The first-order chi connectivity index (χ1) is 15.1. The van der Waals surface area contributed by atoms with Crippen molar-refractivity contribution in [2.45, 2.75) is 67.6 Å². The van der Waals surface area contributed by atoms with Crippen molar-refractivity contribution in [2.24, 2.45) is 0 Å². The van der Waals surface area contributed by atoms with Gasteiger partial charge >= 0.3 is 0 Å². The Kier molecular flexibility index (Phi) is 7.53. The van der Waals surface area contributed by atoms with Gasteiger partial charge in [-0.15, -0.1) is 0 Å². The molecule has 0 spiro atoms. The second-order valence-corrected chi connectivity index (χ2v) is 9.09. The second kappa shape index (κ2) is 9.82. The first kappa shape index (κ1) is 24.6. The van der Waals surface area contributed by atoms with Gasteiger partial charge < -0.3 is 24.1 Å². The third-order valence-electron chi connectivity index (χ3n) is 6.96. The van der Waals surface area contributed by atoms with Crippen molar-refractivity contribution in [3.8, 4) is 22.6 Å². The molecule has 176 valence electrons. The van der Waals surface area contributed by atoms with E-state index in [1.807, 2.05) is 0 Å². The average Bonchev–Trinajstić information content (AvgIpc) is 3.58. The van der Waals surface area contributed by atoms with Crippen molar-refractivity contribution in [1.29, 1.82) is 0 Å². The Morgan fingerprint density at radius 3 is 1.50 bits per heavy atom. The number of methoxy groups -OCH3 is 1. The summed E-state index contributed by atoms with van der Waals surface area (Å²) in [6.45, 7) is 19.1. The Balaban J connectivity index is 2.07. The van der Waals surface area contributed by atoms with Gasteiger partial charge in [-0.1, -0.05) is 0 Å². The lowest BCUT2D eigenvalue weighted by molar-refractivity contribution is 0.0322. The summed E-state index contributed by atoms with van der Waals surface area (Å²) in [5, 5.41) is 10.0. The van der Waals surface area contributed by atoms with Crippen LogP contribution in [0.1, 0.15) is 44.5 Å². The molecule has 1 fully saturated rings. The number of aliphatic hydroxyl groups excluding tert-OH is 1. The van der Waals surface area contributed by atoms with Crippen molar-refractivity contribution in [3.63, 3.8) is 0 Å². The smallest absolute Gasteiger partial charge is 0.125 e. The quantitative estimate of drug-likeness (QED) is 0.555. The predicted molar refractivity (Wildman–Crippen MR) is 128 cm³/mol. The fourth-order valence-electron chi connectivity index (χ4n) is 4.50. The molecule has 1 N–H and O–H groups in total. The maximum Gasteiger partial charge on any atom is 0.125 e. The molecular formula is C27H38O5. The van der Waals surface area contributed by atoms with Gasteiger partial charge in [0.15, 0.2) is 0 Å². The summed E-state index contributed by atoms with van der Waals surface area (Å²) in [4.78, 5) is 0. The molecule has 0 amide bonds. The largest absolute Gasteiger partial charge is 0.490 e. The number of benzene rings is 2. The van der Waals surface area contributed by atoms with Crippen LogP contribution >= 0.6 is 0 Å². The fourth-order valence-corrected chi connectivity index (χ4v) is 4.50. The number of ether oxygens (including phenoxy) is 4. The zero-order valence-electron chi connectivity index (χ0n) is 21.1. The molecule has 2 atom stereocenters. The van der Waals surface area contributed by atoms with Crippen LogP contribution in [0.3, 0.4) is 0 Å². The lowest BCUT2D eigenvalue weighted by atomic mass is 9.82. The van der Waals surface area contributed by atoms with Crippen LogP contribution in [0.4, 0.5) is 0 Å². The maximum absolute atomic E-state index is 10.0. The van der Waals surface area contributed by atoms with E-state index in [0.717, 1.165) is 29.2 Å². The van der Waals surface area contributed by atoms with E-state index in [1.54, 1.807) is 7.11 Å². The predicted octanol–water partition coefficient (Wildman–Crippen LogP) is 4.98. The van der Waals surface area contributed by atoms with Crippen molar-refractivity contribution >= 4 is 0 Å². The number of rotatable bonds is 9. The number of hydrogen-bond donors (Lipinski definition) is 1. The third-order valence-corrected chi connectivity index (χ3v) is 6.96. The summed E-state index contributed by atoms with van der Waals surface area (Å²) >= 11 is 0. The van der Waals surface area contributed by atoms with Gasteiger partial charge in [0.25, 0.3) is 0 Å².